The quantitative estimate of drug-likeness (QED) is 0.246. The molecule has 7 nitrogen and oxygen atoms in total. The smallest absolute Gasteiger partial charge is 0.417 e. The molecule has 2 N–H and O–H groups in total. The first-order chi connectivity index (χ1) is 17.6. The van der Waals surface area contributed by atoms with Gasteiger partial charge in [0.15, 0.2) is 5.76 Å². The normalized spacial score (nSPS) is 11.1. The van der Waals surface area contributed by atoms with E-state index in [2.05, 4.69) is 17.1 Å². The van der Waals surface area contributed by atoms with Crippen molar-refractivity contribution in [2.45, 2.75) is 26.2 Å². The van der Waals surface area contributed by atoms with Crippen molar-refractivity contribution in [2.75, 3.05) is 5.32 Å². The molecule has 0 saturated carbocycles. The average Bonchev–Trinajstić information content (AvgIpc) is 3.24. The number of aromatic nitrogens is 1. The van der Waals surface area contributed by atoms with Crippen molar-refractivity contribution in [1.82, 2.24) is 5.16 Å². The van der Waals surface area contributed by atoms with Gasteiger partial charge in [0.1, 0.15) is 17.1 Å². The minimum absolute atomic E-state index is 0.112. The number of aliphatic carboxylic acids is 1. The van der Waals surface area contributed by atoms with Crippen LogP contribution in [0.15, 0.2) is 83.9 Å². The first-order valence-electron chi connectivity index (χ1n) is 11.4. The second-order valence-corrected chi connectivity index (χ2v) is 9.38. The Bertz CT molecular complexity index is 1470. The summed E-state index contributed by atoms with van der Waals surface area (Å²) in [6.07, 6.45) is -0.751. The molecule has 3 aromatic carbocycles. The van der Waals surface area contributed by atoms with Crippen LogP contribution < -0.4 is 5.32 Å². The molecule has 0 fully saturated rings. The summed E-state index contributed by atoms with van der Waals surface area (Å²) in [6.45, 7) is 8.84. The molecule has 1 heterocycles. The van der Waals surface area contributed by atoms with Gasteiger partial charge in [-0.25, -0.2) is 4.79 Å². The third kappa shape index (κ3) is 5.42. The molecule has 0 atom stereocenters. The number of hydrogen-bond acceptors (Lipinski definition) is 5. The minimum Gasteiger partial charge on any atom is -0.481 e. The summed E-state index contributed by atoms with van der Waals surface area (Å²) < 4.78 is 10.8. The Kier molecular flexibility index (Phi) is 7.18. The molecular weight excluding hydrogens is 492 g/mol. The van der Waals surface area contributed by atoms with E-state index in [-0.39, 0.29) is 5.76 Å². The molecule has 0 aliphatic carbocycles. The van der Waals surface area contributed by atoms with Crippen molar-refractivity contribution in [1.29, 1.82) is 0 Å². The number of carbonyl (C=O) groups is 2. The zero-order valence-electron chi connectivity index (χ0n) is 20.5. The Morgan fingerprint density at radius 2 is 1.54 bits per heavy atom. The maximum absolute atomic E-state index is 12.6. The highest BCUT2D eigenvalue weighted by Crippen LogP contribution is 2.34. The van der Waals surface area contributed by atoms with Crippen LogP contribution in [0.25, 0.3) is 28.2 Å². The van der Waals surface area contributed by atoms with Crippen LogP contribution in [-0.4, -0.2) is 22.3 Å². The number of benzene rings is 3. The lowest BCUT2D eigenvalue weighted by molar-refractivity contribution is -0.142. The molecule has 0 unspecified atom stereocenters. The first kappa shape index (κ1) is 25.7. The Morgan fingerprint density at radius 3 is 2.14 bits per heavy atom. The van der Waals surface area contributed by atoms with Crippen LogP contribution in [0.1, 0.15) is 30.7 Å². The Hall–Kier alpha value is -4.36. The summed E-state index contributed by atoms with van der Waals surface area (Å²) in [6, 6.07) is 21.9. The van der Waals surface area contributed by atoms with Gasteiger partial charge in [-0.05, 0) is 49.6 Å². The zero-order chi connectivity index (χ0) is 26.7. The highest BCUT2D eigenvalue weighted by Gasteiger charge is 2.29. The van der Waals surface area contributed by atoms with Gasteiger partial charge in [-0.2, -0.15) is 0 Å². The predicted octanol–water partition coefficient (Wildman–Crippen LogP) is 7.55. The molecule has 188 valence electrons. The average molecular weight is 517 g/mol. The van der Waals surface area contributed by atoms with Crippen molar-refractivity contribution < 1.29 is 24.0 Å². The fraction of sp³-hybridized carbons (Fsp3) is 0.138. The summed E-state index contributed by atoms with van der Waals surface area (Å²) >= 11 is 6.15. The Labute approximate surface area is 219 Å². The molecule has 0 aliphatic heterocycles. The summed E-state index contributed by atoms with van der Waals surface area (Å²) in [5, 5.41) is 16.5. The summed E-state index contributed by atoms with van der Waals surface area (Å²) in [5.41, 5.74) is 3.69. The number of amides is 1. The molecular formula is C29H25ClN2O5. The number of rotatable bonds is 7. The summed E-state index contributed by atoms with van der Waals surface area (Å²) in [5.74, 6) is -0.391. The van der Waals surface area contributed by atoms with Gasteiger partial charge in [0.05, 0.1) is 10.4 Å². The Morgan fingerprint density at radius 1 is 0.973 bits per heavy atom. The maximum Gasteiger partial charge on any atom is 0.417 e. The van der Waals surface area contributed by atoms with Crippen LogP contribution in [0.5, 0.6) is 0 Å². The lowest BCUT2D eigenvalue weighted by Gasteiger charge is -2.19. The number of anilines is 1. The largest absolute Gasteiger partial charge is 0.481 e. The fourth-order valence-corrected chi connectivity index (χ4v) is 3.95. The van der Waals surface area contributed by atoms with E-state index in [1.807, 2.05) is 48.5 Å². The second-order valence-electron chi connectivity index (χ2n) is 8.97. The van der Waals surface area contributed by atoms with E-state index >= 15 is 0 Å². The van der Waals surface area contributed by atoms with Crippen LogP contribution in [0.4, 0.5) is 10.5 Å². The van der Waals surface area contributed by atoms with Gasteiger partial charge >= 0.3 is 12.1 Å². The molecule has 1 amide bonds. The number of nitrogens with one attached hydrogen (secondary N) is 1. The standard InChI is InChI=1S/C29H25ClN2O5/c1-17-25(31-28(35)36-18(2)23-7-5-6-8-24(23)30)26(37-32-17)21-11-9-19(10-12-21)20-13-15-22(16-14-20)29(3,4)27(33)34/h5-16H,2H2,1,3-4H3,(H,31,35)(H,33,34). The molecule has 0 radical (unpaired) electrons. The third-order valence-corrected chi connectivity index (χ3v) is 6.43. The lowest BCUT2D eigenvalue weighted by Crippen LogP contribution is -2.28. The van der Waals surface area contributed by atoms with Crippen molar-refractivity contribution in [2.24, 2.45) is 0 Å². The van der Waals surface area contributed by atoms with Gasteiger partial charge < -0.3 is 14.4 Å². The predicted molar refractivity (Wildman–Crippen MR) is 143 cm³/mol. The molecule has 4 rings (SSSR count). The summed E-state index contributed by atoms with van der Waals surface area (Å²) in [4.78, 5) is 24.1. The molecule has 0 bridgehead atoms. The van der Waals surface area contributed by atoms with E-state index in [1.54, 1.807) is 45.0 Å². The van der Waals surface area contributed by atoms with E-state index in [0.717, 1.165) is 16.7 Å². The molecule has 37 heavy (non-hydrogen) atoms. The van der Waals surface area contributed by atoms with Crippen LogP contribution >= 0.6 is 11.6 Å². The van der Waals surface area contributed by atoms with Crippen LogP contribution in [0, 0.1) is 6.92 Å². The van der Waals surface area contributed by atoms with Crippen LogP contribution in [0.3, 0.4) is 0 Å². The van der Waals surface area contributed by atoms with E-state index < -0.39 is 17.5 Å². The zero-order valence-corrected chi connectivity index (χ0v) is 21.3. The van der Waals surface area contributed by atoms with E-state index in [9.17, 15) is 14.7 Å². The number of nitrogens with zero attached hydrogens (tertiary/aromatic N) is 1. The highest BCUT2D eigenvalue weighted by molar-refractivity contribution is 6.32. The van der Waals surface area contributed by atoms with E-state index in [0.29, 0.717) is 33.3 Å². The molecule has 8 heteroatoms. The van der Waals surface area contributed by atoms with Crippen LogP contribution in [0.2, 0.25) is 5.02 Å². The molecule has 0 saturated heterocycles. The summed E-state index contributed by atoms with van der Waals surface area (Å²) in [7, 11) is 0. The number of halogens is 1. The fourth-order valence-electron chi connectivity index (χ4n) is 3.71. The number of carboxylic acids is 1. The highest BCUT2D eigenvalue weighted by atomic mass is 35.5. The van der Waals surface area contributed by atoms with Gasteiger partial charge in [-0.15, -0.1) is 0 Å². The maximum atomic E-state index is 12.6. The molecule has 1 aromatic heterocycles. The second kappa shape index (κ2) is 10.3. The number of carboxylic acid groups (broad SMARTS) is 1. The van der Waals surface area contributed by atoms with Gasteiger partial charge in [0, 0.05) is 11.1 Å². The number of carbonyl (C=O) groups excluding carboxylic acids is 1. The monoisotopic (exact) mass is 516 g/mol. The molecule has 0 spiro atoms. The van der Waals surface area contributed by atoms with Crippen molar-refractivity contribution in [3.05, 3.63) is 101 Å². The number of aryl methyl sites for hydroxylation is 1. The topological polar surface area (TPSA) is 102 Å². The SMILES string of the molecule is C=C(OC(=O)Nc1c(C)noc1-c1ccc(-c2ccc(C(C)(C)C(=O)O)cc2)cc1)c1ccccc1Cl. The lowest BCUT2D eigenvalue weighted by atomic mass is 9.84. The van der Waals surface area contributed by atoms with E-state index in [4.69, 9.17) is 20.9 Å². The van der Waals surface area contributed by atoms with Gasteiger partial charge in [-0.3, -0.25) is 10.1 Å². The van der Waals surface area contributed by atoms with Crippen molar-refractivity contribution in [3.63, 3.8) is 0 Å². The first-order valence-corrected chi connectivity index (χ1v) is 11.8. The number of hydrogen-bond donors (Lipinski definition) is 2. The van der Waals surface area contributed by atoms with Crippen LogP contribution in [-0.2, 0) is 14.9 Å². The third-order valence-electron chi connectivity index (χ3n) is 6.10. The van der Waals surface area contributed by atoms with E-state index in [1.165, 1.54) is 0 Å². The van der Waals surface area contributed by atoms with Gasteiger partial charge in [0.25, 0.3) is 0 Å². The van der Waals surface area contributed by atoms with Crippen molar-refractivity contribution >= 4 is 35.1 Å². The Balaban J connectivity index is 1.50. The molecule has 0 aliphatic rings. The number of ether oxygens (including phenoxy) is 1. The van der Waals surface area contributed by atoms with Crippen molar-refractivity contribution in [3.8, 4) is 22.5 Å². The van der Waals surface area contributed by atoms with Gasteiger partial charge in [-0.1, -0.05) is 84.0 Å². The molecule has 4 aromatic rings. The van der Waals surface area contributed by atoms with Gasteiger partial charge in [0.2, 0.25) is 0 Å². The minimum atomic E-state index is -0.975.